The van der Waals surface area contributed by atoms with Crippen molar-refractivity contribution in [2.24, 2.45) is 7.05 Å². The summed E-state index contributed by atoms with van der Waals surface area (Å²) in [6, 6.07) is 7.15. The van der Waals surface area contributed by atoms with E-state index in [1.54, 1.807) is 30.1 Å². The first-order valence-electron chi connectivity index (χ1n) is 6.02. The summed E-state index contributed by atoms with van der Waals surface area (Å²) in [6.45, 7) is 0. The van der Waals surface area contributed by atoms with Crippen molar-refractivity contribution in [3.8, 4) is 5.75 Å². The number of esters is 1. The van der Waals surface area contributed by atoms with Crippen molar-refractivity contribution in [2.75, 3.05) is 0 Å². The Morgan fingerprint density at radius 1 is 1.37 bits per heavy atom. The van der Waals surface area contributed by atoms with Gasteiger partial charge in [0.1, 0.15) is 5.75 Å². The molecule has 0 bridgehead atoms. The third kappa shape index (κ3) is 3.94. The summed E-state index contributed by atoms with van der Waals surface area (Å²) in [5.41, 5.74) is 1.78. The van der Waals surface area contributed by atoms with Gasteiger partial charge in [0.15, 0.2) is 0 Å². The van der Waals surface area contributed by atoms with Crippen molar-refractivity contribution in [2.45, 2.75) is 19.2 Å². The van der Waals surface area contributed by atoms with Gasteiger partial charge in [-0.15, -0.1) is 5.10 Å². The van der Waals surface area contributed by atoms with Gasteiger partial charge in [-0.3, -0.25) is 9.48 Å². The largest absolute Gasteiger partial charge is 0.427 e. The van der Waals surface area contributed by atoms with Crippen molar-refractivity contribution in [1.29, 1.82) is 0 Å². The summed E-state index contributed by atoms with van der Waals surface area (Å²) in [5, 5.41) is 7.71. The Labute approximate surface area is 113 Å². The topological polar surface area (TPSA) is 57.0 Å². The molecule has 2 rings (SSSR count). The van der Waals surface area contributed by atoms with E-state index in [0.717, 1.165) is 11.3 Å². The van der Waals surface area contributed by atoms with Crippen LogP contribution in [0.1, 0.15) is 17.7 Å². The summed E-state index contributed by atoms with van der Waals surface area (Å²) in [4.78, 5) is 11.6. The number of hydrogen-bond acceptors (Lipinski definition) is 4. The van der Waals surface area contributed by atoms with Gasteiger partial charge in [-0.05, 0) is 12.1 Å². The highest BCUT2D eigenvalue weighted by Gasteiger charge is 2.07. The molecule has 0 fully saturated rings. The fourth-order valence-electron chi connectivity index (χ4n) is 1.62. The van der Waals surface area contributed by atoms with Gasteiger partial charge in [0.25, 0.3) is 0 Å². The first kappa shape index (κ1) is 13.3. The number of ether oxygens (including phenoxy) is 1. The molecule has 96 valence electrons. The Morgan fingerprint density at radius 3 is 2.68 bits per heavy atom. The molecule has 1 aromatic heterocycles. The standard InChI is InChI=1S/C13H14BN3O2/c1-17-9-11(15-16-17)4-7-13(18)19-12-5-2-10(8-14)3-6-12/h2-3,5-6,9H,4,7-8H2,1H3. The second-order valence-corrected chi connectivity index (χ2v) is 4.21. The molecule has 0 saturated carbocycles. The molecule has 0 spiro atoms. The van der Waals surface area contributed by atoms with Crippen LogP contribution in [0.2, 0.25) is 0 Å². The Kier molecular flexibility index (Phi) is 4.33. The van der Waals surface area contributed by atoms with Gasteiger partial charge in [-0.25, -0.2) is 0 Å². The van der Waals surface area contributed by atoms with Crippen molar-refractivity contribution >= 4 is 13.8 Å². The van der Waals surface area contributed by atoms with E-state index in [2.05, 4.69) is 10.3 Å². The molecule has 0 saturated heterocycles. The maximum atomic E-state index is 11.6. The Hall–Kier alpha value is -2.11. The molecule has 5 nitrogen and oxygen atoms in total. The number of nitrogens with zero attached hydrogens (tertiary/aromatic N) is 3. The number of hydrogen-bond donors (Lipinski definition) is 0. The van der Waals surface area contributed by atoms with Crippen LogP contribution < -0.4 is 4.74 Å². The minimum atomic E-state index is -0.286. The van der Waals surface area contributed by atoms with E-state index in [4.69, 9.17) is 12.6 Å². The molecule has 0 atom stereocenters. The summed E-state index contributed by atoms with van der Waals surface area (Å²) >= 11 is 0. The highest BCUT2D eigenvalue weighted by molar-refractivity contribution is 6.08. The molecule has 0 aliphatic rings. The molecule has 0 amide bonds. The zero-order valence-electron chi connectivity index (χ0n) is 10.7. The van der Waals surface area contributed by atoms with Gasteiger partial charge < -0.3 is 4.74 Å². The second-order valence-electron chi connectivity index (χ2n) is 4.21. The zero-order chi connectivity index (χ0) is 13.7. The maximum Gasteiger partial charge on any atom is 0.311 e. The molecule has 1 aromatic carbocycles. The van der Waals surface area contributed by atoms with Gasteiger partial charge in [0, 0.05) is 19.7 Å². The van der Waals surface area contributed by atoms with Crippen LogP contribution in [0, 0.1) is 0 Å². The van der Waals surface area contributed by atoms with E-state index < -0.39 is 0 Å². The number of aromatic nitrogens is 3. The molecule has 19 heavy (non-hydrogen) atoms. The van der Waals surface area contributed by atoms with E-state index in [0.29, 0.717) is 18.5 Å². The van der Waals surface area contributed by atoms with Crippen LogP contribution in [-0.2, 0) is 24.6 Å². The van der Waals surface area contributed by atoms with Crippen LogP contribution in [0.3, 0.4) is 0 Å². The molecule has 0 aliphatic carbocycles. The molecular formula is C13H14BN3O2. The molecule has 2 aromatic rings. The molecule has 1 heterocycles. The highest BCUT2D eigenvalue weighted by atomic mass is 16.5. The number of carbonyl (C=O) groups excluding carboxylic acids is 1. The van der Waals surface area contributed by atoms with Gasteiger partial charge in [0.05, 0.1) is 20.0 Å². The van der Waals surface area contributed by atoms with Crippen LogP contribution in [0.15, 0.2) is 30.5 Å². The summed E-state index contributed by atoms with van der Waals surface area (Å²) in [7, 11) is 7.28. The molecule has 0 aliphatic heterocycles. The number of aryl methyl sites for hydroxylation is 2. The van der Waals surface area contributed by atoms with Crippen LogP contribution in [0.25, 0.3) is 0 Å². The van der Waals surface area contributed by atoms with Gasteiger partial charge >= 0.3 is 5.97 Å². The van der Waals surface area contributed by atoms with Crippen molar-refractivity contribution in [3.63, 3.8) is 0 Å². The Bertz CT molecular complexity index is 551. The first-order valence-corrected chi connectivity index (χ1v) is 6.02. The summed E-state index contributed by atoms with van der Waals surface area (Å²) in [5.74, 6) is 0.243. The van der Waals surface area contributed by atoms with Crippen LogP contribution in [-0.4, -0.2) is 28.8 Å². The lowest BCUT2D eigenvalue weighted by atomic mass is 9.97. The average Bonchev–Trinajstić information content (AvgIpc) is 2.83. The summed E-state index contributed by atoms with van der Waals surface area (Å²) < 4.78 is 6.81. The first-order chi connectivity index (χ1) is 9.17. The molecule has 6 heteroatoms. The van der Waals surface area contributed by atoms with E-state index in [9.17, 15) is 4.79 Å². The maximum absolute atomic E-state index is 11.6. The predicted molar refractivity (Wildman–Crippen MR) is 70.9 cm³/mol. The molecule has 2 radical (unpaired) electrons. The SMILES string of the molecule is [B]Cc1ccc(OC(=O)CCc2cn(C)nn2)cc1. The van der Waals surface area contributed by atoms with E-state index >= 15 is 0 Å². The van der Waals surface area contributed by atoms with Crippen molar-refractivity contribution in [1.82, 2.24) is 15.0 Å². The van der Waals surface area contributed by atoms with Gasteiger partial charge in [-0.1, -0.05) is 29.2 Å². The Morgan fingerprint density at radius 2 is 2.11 bits per heavy atom. The van der Waals surface area contributed by atoms with Crippen LogP contribution >= 0.6 is 0 Å². The second kappa shape index (κ2) is 6.18. The third-order valence-electron chi connectivity index (χ3n) is 2.63. The Balaban J connectivity index is 1.83. The quantitative estimate of drug-likeness (QED) is 0.454. The molecule has 0 unspecified atom stereocenters. The monoisotopic (exact) mass is 255 g/mol. The van der Waals surface area contributed by atoms with Crippen molar-refractivity contribution in [3.05, 3.63) is 41.7 Å². The lowest BCUT2D eigenvalue weighted by molar-refractivity contribution is -0.134. The fourth-order valence-corrected chi connectivity index (χ4v) is 1.62. The summed E-state index contributed by atoms with van der Waals surface area (Å²) in [6.07, 6.45) is 3.05. The van der Waals surface area contributed by atoms with Crippen LogP contribution in [0.5, 0.6) is 5.75 Å². The predicted octanol–water partition coefficient (Wildman–Crippen LogP) is 1.02. The number of carbonyl (C=O) groups is 1. The van der Waals surface area contributed by atoms with E-state index in [1.165, 1.54) is 0 Å². The number of benzene rings is 1. The van der Waals surface area contributed by atoms with Gasteiger partial charge in [0.2, 0.25) is 0 Å². The fraction of sp³-hybridized carbons (Fsp3) is 0.308. The van der Waals surface area contributed by atoms with Crippen molar-refractivity contribution < 1.29 is 9.53 Å². The average molecular weight is 255 g/mol. The number of rotatable bonds is 5. The zero-order valence-corrected chi connectivity index (χ0v) is 10.7. The smallest absolute Gasteiger partial charge is 0.311 e. The van der Waals surface area contributed by atoms with E-state index in [-0.39, 0.29) is 12.4 Å². The normalized spacial score (nSPS) is 10.4. The third-order valence-corrected chi connectivity index (χ3v) is 2.63. The minimum absolute atomic E-state index is 0.275. The molecule has 0 N–H and O–H groups in total. The lowest BCUT2D eigenvalue weighted by Gasteiger charge is -2.04. The molecular weight excluding hydrogens is 241 g/mol. The highest BCUT2D eigenvalue weighted by Crippen LogP contribution is 2.13. The van der Waals surface area contributed by atoms with Crippen LogP contribution in [0.4, 0.5) is 0 Å². The van der Waals surface area contributed by atoms with Gasteiger partial charge in [-0.2, -0.15) is 0 Å². The lowest BCUT2D eigenvalue weighted by Crippen LogP contribution is -2.09. The van der Waals surface area contributed by atoms with E-state index in [1.807, 2.05) is 12.1 Å². The minimum Gasteiger partial charge on any atom is -0.427 e.